The van der Waals surface area contributed by atoms with E-state index in [9.17, 15) is 19.7 Å². The van der Waals surface area contributed by atoms with Crippen molar-refractivity contribution >= 4 is 63.7 Å². The van der Waals surface area contributed by atoms with Gasteiger partial charge >= 0.3 is 0 Å². The summed E-state index contributed by atoms with van der Waals surface area (Å²) in [5, 5.41) is 14.3. The standard InChI is InChI=1S/C25H17Cl2N3O6S/c1-35-20-11-15(10-19(27)22(20)36-13-14-2-8-18(9-3-14)30(33)34)12-21-24(32)29-25(37-21)28-23(31)16-4-6-17(26)7-5-16/h2-12H,13H2,1H3,(H,28,29,31,32)/b21-12-. The summed E-state index contributed by atoms with van der Waals surface area (Å²) in [5.41, 5.74) is 1.58. The molecule has 1 heterocycles. The van der Waals surface area contributed by atoms with Gasteiger partial charge in [-0.2, -0.15) is 4.99 Å². The molecule has 3 aromatic carbocycles. The second-order valence-corrected chi connectivity index (χ2v) is 9.41. The Labute approximate surface area is 225 Å². The molecule has 0 bridgehead atoms. The van der Waals surface area contributed by atoms with Gasteiger partial charge < -0.3 is 14.8 Å². The number of non-ortho nitro benzene ring substituents is 1. The molecular weight excluding hydrogens is 541 g/mol. The number of methoxy groups -OCH3 is 1. The molecular formula is C25H17Cl2N3O6S. The SMILES string of the molecule is COc1cc(/C=C2\SC(=NC(=O)c3ccc(Cl)cc3)NC2=O)cc(Cl)c1OCc1ccc([N+](=O)[O-])cc1. The molecule has 0 aromatic heterocycles. The molecule has 4 rings (SSSR count). The first-order chi connectivity index (χ1) is 17.7. The molecule has 188 valence electrons. The number of carbonyl (C=O) groups excluding carboxylic acids is 2. The Bertz CT molecular complexity index is 1440. The fraction of sp³-hybridized carbons (Fsp3) is 0.0800. The summed E-state index contributed by atoms with van der Waals surface area (Å²) in [5.74, 6) is -0.318. The van der Waals surface area contributed by atoms with Gasteiger partial charge in [0, 0.05) is 22.7 Å². The predicted octanol–water partition coefficient (Wildman–Crippen LogP) is 5.89. The lowest BCUT2D eigenvalue weighted by Crippen LogP contribution is -2.20. The minimum Gasteiger partial charge on any atom is -0.493 e. The van der Waals surface area contributed by atoms with Crippen LogP contribution in [0.2, 0.25) is 10.0 Å². The highest BCUT2D eigenvalue weighted by molar-refractivity contribution is 8.18. The maximum atomic E-state index is 12.4. The van der Waals surface area contributed by atoms with Gasteiger partial charge in [-0.25, -0.2) is 0 Å². The van der Waals surface area contributed by atoms with Crippen LogP contribution in [0.15, 0.2) is 70.6 Å². The Balaban J connectivity index is 1.49. The molecule has 0 atom stereocenters. The zero-order valence-corrected chi connectivity index (χ0v) is 21.4. The molecule has 0 saturated carbocycles. The third-order valence-electron chi connectivity index (χ3n) is 5.03. The number of carbonyl (C=O) groups is 2. The van der Waals surface area contributed by atoms with Crippen LogP contribution in [0.5, 0.6) is 11.5 Å². The average molecular weight is 558 g/mol. The zero-order chi connectivity index (χ0) is 26.5. The lowest BCUT2D eigenvalue weighted by atomic mass is 10.1. The van der Waals surface area contributed by atoms with Crippen LogP contribution in [0.25, 0.3) is 6.08 Å². The number of thioether (sulfide) groups is 1. The van der Waals surface area contributed by atoms with Gasteiger partial charge in [0.15, 0.2) is 16.7 Å². The van der Waals surface area contributed by atoms with Gasteiger partial charge in [0.05, 0.1) is 22.0 Å². The molecule has 1 fully saturated rings. The van der Waals surface area contributed by atoms with Gasteiger partial charge in [0.2, 0.25) is 0 Å². The average Bonchev–Trinajstić information content (AvgIpc) is 3.21. The van der Waals surface area contributed by atoms with E-state index in [2.05, 4.69) is 10.3 Å². The number of nitrogens with zero attached hydrogens (tertiary/aromatic N) is 2. The van der Waals surface area contributed by atoms with Crippen molar-refractivity contribution in [1.82, 2.24) is 5.32 Å². The molecule has 1 aliphatic heterocycles. The highest BCUT2D eigenvalue weighted by Crippen LogP contribution is 2.38. The number of hydrogen-bond donors (Lipinski definition) is 1. The fourth-order valence-corrected chi connectivity index (χ4v) is 4.43. The number of nitro groups is 1. The Morgan fingerprint density at radius 2 is 1.84 bits per heavy atom. The Morgan fingerprint density at radius 3 is 2.49 bits per heavy atom. The number of benzene rings is 3. The highest BCUT2D eigenvalue weighted by Gasteiger charge is 2.25. The first kappa shape index (κ1) is 26.2. The Hall–Kier alpha value is -3.86. The topological polar surface area (TPSA) is 120 Å². The molecule has 0 aliphatic carbocycles. The molecule has 0 unspecified atom stereocenters. The number of ether oxygens (including phenoxy) is 2. The van der Waals surface area contributed by atoms with Gasteiger partial charge in [-0.3, -0.25) is 19.7 Å². The monoisotopic (exact) mass is 557 g/mol. The van der Waals surface area contributed by atoms with E-state index >= 15 is 0 Å². The van der Waals surface area contributed by atoms with E-state index in [-0.39, 0.29) is 28.2 Å². The van der Waals surface area contributed by atoms with Gasteiger partial charge in [-0.05, 0) is 77.5 Å². The lowest BCUT2D eigenvalue weighted by Gasteiger charge is -2.13. The number of aliphatic imine (C=N–C) groups is 1. The summed E-state index contributed by atoms with van der Waals surface area (Å²) in [6.45, 7) is 0.105. The van der Waals surface area contributed by atoms with Gasteiger partial charge in [0.25, 0.3) is 17.5 Å². The quantitative estimate of drug-likeness (QED) is 0.218. The van der Waals surface area contributed by atoms with Crippen LogP contribution < -0.4 is 14.8 Å². The van der Waals surface area contributed by atoms with Crippen LogP contribution in [0.1, 0.15) is 21.5 Å². The summed E-state index contributed by atoms with van der Waals surface area (Å²) in [6.07, 6.45) is 1.59. The largest absolute Gasteiger partial charge is 0.493 e. The minimum atomic E-state index is -0.514. The van der Waals surface area contributed by atoms with E-state index in [1.165, 1.54) is 19.2 Å². The first-order valence-corrected chi connectivity index (χ1v) is 12.1. The predicted molar refractivity (Wildman–Crippen MR) is 142 cm³/mol. The van der Waals surface area contributed by atoms with E-state index in [4.69, 9.17) is 32.7 Å². The second-order valence-electron chi connectivity index (χ2n) is 7.54. The maximum Gasteiger partial charge on any atom is 0.279 e. The minimum absolute atomic E-state index is 0.0203. The number of rotatable bonds is 7. The Kier molecular flexibility index (Phi) is 8.12. The first-order valence-electron chi connectivity index (χ1n) is 10.6. The number of hydrogen-bond acceptors (Lipinski definition) is 7. The van der Waals surface area contributed by atoms with Crippen LogP contribution in [-0.2, 0) is 11.4 Å². The number of halogens is 2. The smallest absolute Gasteiger partial charge is 0.279 e. The van der Waals surface area contributed by atoms with Crippen molar-refractivity contribution in [3.05, 3.63) is 102 Å². The number of nitro benzene ring substituents is 1. The third-order valence-corrected chi connectivity index (χ3v) is 6.47. The van der Waals surface area contributed by atoms with Crippen molar-refractivity contribution in [3.8, 4) is 11.5 Å². The normalized spacial score (nSPS) is 15.1. The molecule has 1 saturated heterocycles. The summed E-state index contributed by atoms with van der Waals surface area (Å²) in [6, 6.07) is 15.5. The van der Waals surface area contributed by atoms with Crippen molar-refractivity contribution in [2.24, 2.45) is 4.99 Å². The summed E-state index contributed by atoms with van der Waals surface area (Å²) < 4.78 is 11.2. The third kappa shape index (κ3) is 6.48. The number of nitrogens with one attached hydrogen (secondary N) is 1. The molecule has 37 heavy (non-hydrogen) atoms. The Morgan fingerprint density at radius 1 is 1.14 bits per heavy atom. The highest BCUT2D eigenvalue weighted by atomic mass is 35.5. The van der Waals surface area contributed by atoms with Crippen molar-refractivity contribution < 1.29 is 24.0 Å². The van der Waals surface area contributed by atoms with Crippen LogP contribution in [0.3, 0.4) is 0 Å². The summed E-state index contributed by atoms with van der Waals surface area (Å²) in [7, 11) is 1.45. The van der Waals surface area contributed by atoms with Gasteiger partial charge in [0.1, 0.15) is 6.61 Å². The molecule has 9 nitrogen and oxygen atoms in total. The van der Waals surface area contributed by atoms with Crippen LogP contribution in [-0.4, -0.2) is 29.0 Å². The second kappa shape index (κ2) is 11.5. The molecule has 12 heteroatoms. The molecule has 0 spiro atoms. The van der Waals surface area contributed by atoms with Crippen molar-refractivity contribution in [1.29, 1.82) is 0 Å². The van der Waals surface area contributed by atoms with E-state index in [1.54, 1.807) is 54.6 Å². The van der Waals surface area contributed by atoms with E-state index in [0.717, 1.165) is 11.8 Å². The number of amides is 2. The summed E-state index contributed by atoms with van der Waals surface area (Å²) in [4.78, 5) is 39.4. The number of amidine groups is 1. The van der Waals surface area contributed by atoms with Crippen molar-refractivity contribution in [3.63, 3.8) is 0 Å². The van der Waals surface area contributed by atoms with Crippen molar-refractivity contribution in [2.75, 3.05) is 7.11 Å². The van der Waals surface area contributed by atoms with E-state index < -0.39 is 16.7 Å². The van der Waals surface area contributed by atoms with E-state index in [1.807, 2.05) is 0 Å². The van der Waals surface area contributed by atoms with Crippen LogP contribution in [0.4, 0.5) is 5.69 Å². The van der Waals surface area contributed by atoms with E-state index in [0.29, 0.717) is 32.4 Å². The fourth-order valence-electron chi connectivity index (χ4n) is 3.21. The molecule has 0 radical (unpaired) electrons. The van der Waals surface area contributed by atoms with Crippen molar-refractivity contribution in [2.45, 2.75) is 6.61 Å². The van der Waals surface area contributed by atoms with Crippen LogP contribution in [0, 0.1) is 10.1 Å². The molecule has 1 N–H and O–H groups in total. The lowest BCUT2D eigenvalue weighted by molar-refractivity contribution is -0.384. The summed E-state index contributed by atoms with van der Waals surface area (Å²) >= 11 is 13.3. The molecule has 2 amide bonds. The zero-order valence-electron chi connectivity index (χ0n) is 19.1. The maximum absolute atomic E-state index is 12.4. The van der Waals surface area contributed by atoms with Gasteiger partial charge in [-0.15, -0.1) is 0 Å². The van der Waals surface area contributed by atoms with Crippen LogP contribution >= 0.6 is 35.0 Å². The van der Waals surface area contributed by atoms with Gasteiger partial charge in [-0.1, -0.05) is 23.2 Å². The molecule has 3 aromatic rings. The molecule has 1 aliphatic rings.